The van der Waals surface area contributed by atoms with Crippen LogP contribution < -0.4 is 10.2 Å². The summed E-state index contributed by atoms with van der Waals surface area (Å²) in [5, 5.41) is 14.0. The number of hydrogen-bond donors (Lipinski definition) is 0. The van der Waals surface area contributed by atoms with Crippen LogP contribution in [0.25, 0.3) is 33.2 Å². The number of nitrogens with zero attached hydrogens (tertiary/aromatic N) is 6. The molecule has 0 aliphatic rings. The molecule has 0 amide bonds. The second-order valence-corrected chi connectivity index (χ2v) is 9.16. The van der Waals surface area contributed by atoms with E-state index >= 15 is 0 Å². The molecule has 36 heavy (non-hydrogen) atoms. The zero-order valence-corrected chi connectivity index (χ0v) is 20.7. The van der Waals surface area contributed by atoms with Crippen LogP contribution in [0.5, 0.6) is 5.75 Å². The minimum Gasteiger partial charge on any atom is -0.497 e. The van der Waals surface area contributed by atoms with E-state index in [2.05, 4.69) is 40.9 Å². The number of rotatable bonds is 6. The van der Waals surface area contributed by atoms with Gasteiger partial charge in [0.25, 0.3) is 0 Å². The smallest absolute Gasteiger partial charge is 0.248 e. The summed E-state index contributed by atoms with van der Waals surface area (Å²) in [5.74, 6) is 1.67. The predicted octanol–water partition coefficient (Wildman–Crippen LogP) is 4.66. The molecule has 0 unspecified atom stereocenters. The van der Waals surface area contributed by atoms with Gasteiger partial charge in [-0.15, -0.1) is 5.10 Å². The van der Waals surface area contributed by atoms with Crippen molar-refractivity contribution in [1.82, 2.24) is 29.7 Å². The van der Waals surface area contributed by atoms with Gasteiger partial charge in [0, 0.05) is 20.8 Å². The van der Waals surface area contributed by atoms with E-state index in [0.29, 0.717) is 29.0 Å². The number of fused-ring (bicyclic) bond motifs is 2. The van der Waals surface area contributed by atoms with Crippen molar-refractivity contribution in [3.8, 4) is 17.1 Å². The monoisotopic (exact) mass is 542 g/mol. The van der Waals surface area contributed by atoms with E-state index in [-0.39, 0.29) is 12.0 Å². The van der Waals surface area contributed by atoms with Gasteiger partial charge in [-0.05, 0) is 54.6 Å². The Hall–Kier alpha value is -4.31. The molecule has 178 valence electrons. The molecule has 6 rings (SSSR count). The predicted molar refractivity (Wildman–Crippen MR) is 138 cm³/mol. The first-order valence-corrected chi connectivity index (χ1v) is 12.0. The number of halogens is 1. The number of hydrogen-bond acceptors (Lipinski definition) is 7. The maximum Gasteiger partial charge on any atom is 0.248 e. The molecule has 10 heteroatoms. The summed E-state index contributed by atoms with van der Waals surface area (Å²) in [6.45, 7) is 0.731. The van der Waals surface area contributed by atoms with Crippen LogP contribution in [0.3, 0.4) is 0 Å². The van der Waals surface area contributed by atoms with Crippen molar-refractivity contribution in [1.29, 1.82) is 0 Å². The SMILES string of the molecule is COc1ccc(-c2noc(Cn3cc(Cn4c5ccccc5c(=O)c5cc(Br)ccc54)nn3)n2)cc1. The summed E-state index contributed by atoms with van der Waals surface area (Å²) < 4.78 is 15.2. The van der Waals surface area contributed by atoms with Crippen LogP contribution in [0.15, 0.2) is 86.7 Å². The Kier molecular flexibility index (Phi) is 5.57. The van der Waals surface area contributed by atoms with E-state index in [1.54, 1.807) is 11.8 Å². The number of para-hydroxylation sites is 1. The Labute approximate surface area is 213 Å². The van der Waals surface area contributed by atoms with E-state index in [0.717, 1.165) is 32.5 Å². The molecule has 0 aliphatic carbocycles. The van der Waals surface area contributed by atoms with Gasteiger partial charge in [0.05, 0.1) is 30.9 Å². The van der Waals surface area contributed by atoms with Crippen LogP contribution in [0.4, 0.5) is 0 Å². The van der Waals surface area contributed by atoms with Gasteiger partial charge in [-0.1, -0.05) is 38.4 Å². The second kappa shape index (κ2) is 9.04. The highest BCUT2D eigenvalue weighted by atomic mass is 79.9. The summed E-state index contributed by atoms with van der Waals surface area (Å²) in [6, 6.07) is 20.8. The summed E-state index contributed by atoms with van der Waals surface area (Å²) in [6.07, 6.45) is 1.84. The van der Waals surface area contributed by atoms with Crippen molar-refractivity contribution in [2.45, 2.75) is 13.1 Å². The van der Waals surface area contributed by atoms with Gasteiger partial charge in [-0.25, -0.2) is 4.68 Å². The molecule has 0 spiro atoms. The topological polar surface area (TPSA) is 101 Å². The number of pyridine rings is 1. The first-order valence-electron chi connectivity index (χ1n) is 11.2. The Morgan fingerprint density at radius 3 is 2.61 bits per heavy atom. The average Bonchev–Trinajstić information content (AvgIpc) is 3.56. The molecule has 0 saturated heterocycles. The van der Waals surface area contributed by atoms with Gasteiger partial charge in [0.15, 0.2) is 5.43 Å². The van der Waals surface area contributed by atoms with Crippen molar-refractivity contribution in [2.75, 3.05) is 7.11 Å². The first-order chi connectivity index (χ1) is 17.6. The van der Waals surface area contributed by atoms with E-state index in [1.807, 2.05) is 72.9 Å². The Morgan fingerprint density at radius 1 is 0.972 bits per heavy atom. The van der Waals surface area contributed by atoms with Crippen LogP contribution in [0.1, 0.15) is 11.6 Å². The Balaban J connectivity index is 1.29. The van der Waals surface area contributed by atoms with Gasteiger partial charge >= 0.3 is 0 Å². The highest BCUT2D eigenvalue weighted by Gasteiger charge is 2.14. The number of methoxy groups -OCH3 is 1. The summed E-state index contributed by atoms with van der Waals surface area (Å²) in [5.41, 5.74) is 3.24. The molecule has 6 aromatic rings. The standard InChI is InChI=1S/C26H19BrN6O3/c1-35-19-9-6-16(7-10-19)26-28-24(36-30-26)15-32-13-18(29-31-32)14-33-22-5-3-2-4-20(22)25(34)21-12-17(27)8-11-23(21)33/h2-13H,14-15H2,1H3. The normalized spacial score (nSPS) is 11.4. The third-order valence-electron chi connectivity index (χ3n) is 5.95. The van der Waals surface area contributed by atoms with Crippen LogP contribution in [0, 0.1) is 0 Å². The third-order valence-corrected chi connectivity index (χ3v) is 6.45. The van der Waals surface area contributed by atoms with E-state index in [9.17, 15) is 4.79 Å². The highest BCUT2D eigenvalue weighted by Crippen LogP contribution is 2.24. The van der Waals surface area contributed by atoms with Crippen molar-refractivity contribution in [2.24, 2.45) is 0 Å². The second-order valence-electron chi connectivity index (χ2n) is 8.24. The molecule has 0 fully saturated rings. The lowest BCUT2D eigenvalue weighted by molar-refractivity contribution is 0.364. The van der Waals surface area contributed by atoms with Crippen LogP contribution in [-0.2, 0) is 13.1 Å². The molecule has 3 aromatic heterocycles. The third kappa shape index (κ3) is 4.05. The zero-order chi connectivity index (χ0) is 24.6. The zero-order valence-electron chi connectivity index (χ0n) is 19.1. The van der Waals surface area contributed by atoms with Gasteiger partial charge < -0.3 is 13.8 Å². The van der Waals surface area contributed by atoms with Crippen LogP contribution >= 0.6 is 15.9 Å². The molecule has 0 atom stereocenters. The van der Waals surface area contributed by atoms with Crippen molar-refractivity contribution in [3.05, 3.63) is 99.2 Å². The highest BCUT2D eigenvalue weighted by molar-refractivity contribution is 9.10. The number of benzene rings is 3. The molecule has 0 bridgehead atoms. The fraction of sp³-hybridized carbons (Fsp3) is 0.115. The average molecular weight is 543 g/mol. The van der Waals surface area contributed by atoms with E-state index in [1.165, 1.54) is 0 Å². The fourth-order valence-corrected chi connectivity index (χ4v) is 4.60. The molecule has 3 heterocycles. The van der Waals surface area contributed by atoms with E-state index < -0.39 is 0 Å². The quantitative estimate of drug-likeness (QED) is 0.282. The minimum absolute atomic E-state index is 0.00543. The summed E-state index contributed by atoms with van der Waals surface area (Å²) in [4.78, 5) is 17.6. The van der Waals surface area contributed by atoms with Gasteiger partial charge in [-0.2, -0.15) is 4.98 Å². The van der Waals surface area contributed by atoms with Crippen molar-refractivity contribution >= 4 is 37.7 Å². The summed E-state index contributed by atoms with van der Waals surface area (Å²) >= 11 is 3.48. The maximum absolute atomic E-state index is 13.1. The van der Waals surface area contributed by atoms with Crippen LogP contribution in [-0.4, -0.2) is 36.8 Å². The van der Waals surface area contributed by atoms with Crippen molar-refractivity contribution < 1.29 is 9.26 Å². The Bertz CT molecular complexity index is 1770. The number of ether oxygens (including phenoxy) is 1. The molecule has 0 N–H and O–H groups in total. The van der Waals surface area contributed by atoms with Crippen LogP contribution in [0.2, 0.25) is 0 Å². The minimum atomic E-state index is 0.00543. The molecule has 0 radical (unpaired) electrons. The molecule has 0 aliphatic heterocycles. The molecule has 9 nitrogen and oxygen atoms in total. The molecule has 0 saturated carbocycles. The molecular formula is C26H19BrN6O3. The first kappa shape index (κ1) is 22.2. The van der Waals surface area contributed by atoms with Gasteiger partial charge in [0.1, 0.15) is 18.0 Å². The van der Waals surface area contributed by atoms with Gasteiger partial charge in [-0.3, -0.25) is 4.79 Å². The lowest BCUT2D eigenvalue weighted by Crippen LogP contribution is -2.12. The molecule has 3 aromatic carbocycles. The molecular weight excluding hydrogens is 524 g/mol. The number of aromatic nitrogens is 6. The Morgan fingerprint density at radius 2 is 1.78 bits per heavy atom. The lowest BCUT2D eigenvalue weighted by atomic mass is 10.1. The fourth-order valence-electron chi connectivity index (χ4n) is 4.24. The van der Waals surface area contributed by atoms with Crippen molar-refractivity contribution in [3.63, 3.8) is 0 Å². The van der Waals surface area contributed by atoms with Gasteiger partial charge in [0.2, 0.25) is 11.7 Å². The maximum atomic E-state index is 13.1. The lowest BCUT2D eigenvalue weighted by Gasteiger charge is -2.14. The van der Waals surface area contributed by atoms with E-state index in [4.69, 9.17) is 9.26 Å². The largest absolute Gasteiger partial charge is 0.497 e. The summed E-state index contributed by atoms with van der Waals surface area (Å²) in [7, 11) is 1.62.